The predicted molar refractivity (Wildman–Crippen MR) is 102 cm³/mol. The predicted octanol–water partition coefficient (Wildman–Crippen LogP) is -0.208. The van der Waals surface area contributed by atoms with E-state index in [2.05, 4.69) is 4.98 Å². The van der Waals surface area contributed by atoms with E-state index in [1.54, 1.807) is 12.1 Å². The van der Waals surface area contributed by atoms with Gasteiger partial charge in [0.05, 0.1) is 43.9 Å². The Bertz CT molecular complexity index is 883. The lowest BCUT2D eigenvalue weighted by molar-refractivity contribution is -0.908. The number of hydrogen-bond acceptors (Lipinski definition) is 5. The molecule has 2 N–H and O–H groups in total. The Labute approximate surface area is 157 Å². The summed E-state index contributed by atoms with van der Waals surface area (Å²) in [5, 5.41) is 0.431. The van der Waals surface area contributed by atoms with Crippen molar-refractivity contribution in [3.63, 3.8) is 0 Å². The smallest absolute Gasteiger partial charge is 0.328 e. The number of H-pyrrole nitrogens is 1. The van der Waals surface area contributed by atoms with Crippen LogP contribution in [0, 0.1) is 0 Å². The molecule has 148 valence electrons. The summed E-state index contributed by atoms with van der Waals surface area (Å²) in [4.78, 5) is 29.6. The van der Waals surface area contributed by atoms with Crippen LogP contribution in [-0.2, 0) is 11.3 Å². The molecule has 8 heteroatoms. The van der Waals surface area contributed by atoms with E-state index in [0.29, 0.717) is 42.2 Å². The highest BCUT2D eigenvalue weighted by molar-refractivity contribution is 5.81. The normalized spacial score (nSPS) is 15.2. The zero-order chi connectivity index (χ0) is 19.2. The highest BCUT2D eigenvalue weighted by Gasteiger charge is 2.16. The maximum absolute atomic E-state index is 12.9. The minimum absolute atomic E-state index is 0.297. The Balaban J connectivity index is 1.86. The first-order chi connectivity index (χ1) is 13.1. The lowest BCUT2D eigenvalue weighted by Crippen LogP contribution is -3.14. The number of rotatable bonds is 8. The molecule has 0 amide bonds. The van der Waals surface area contributed by atoms with E-state index in [4.69, 9.17) is 14.2 Å². The quantitative estimate of drug-likeness (QED) is 0.664. The van der Waals surface area contributed by atoms with Gasteiger partial charge in [0.2, 0.25) is 0 Å². The van der Waals surface area contributed by atoms with Crippen LogP contribution in [0.25, 0.3) is 10.9 Å². The van der Waals surface area contributed by atoms with E-state index in [9.17, 15) is 9.59 Å². The molecule has 0 spiro atoms. The van der Waals surface area contributed by atoms with Crippen molar-refractivity contribution >= 4 is 10.9 Å². The Morgan fingerprint density at radius 2 is 1.78 bits per heavy atom. The van der Waals surface area contributed by atoms with E-state index < -0.39 is 5.69 Å². The van der Waals surface area contributed by atoms with Gasteiger partial charge in [0.1, 0.15) is 13.1 Å². The van der Waals surface area contributed by atoms with Gasteiger partial charge in [0, 0.05) is 19.0 Å². The van der Waals surface area contributed by atoms with Gasteiger partial charge in [-0.1, -0.05) is 0 Å². The van der Waals surface area contributed by atoms with Crippen molar-refractivity contribution in [2.24, 2.45) is 0 Å². The molecular weight excluding hydrogens is 350 g/mol. The van der Waals surface area contributed by atoms with Crippen molar-refractivity contribution < 1.29 is 19.1 Å². The van der Waals surface area contributed by atoms with Gasteiger partial charge in [-0.15, -0.1) is 0 Å². The zero-order valence-corrected chi connectivity index (χ0v) is 16.0. The van der Waals surface area contributed by atoms with Crippen molar-refractivity contribution in [3.05, 3.63) is 33.0 Å². The number of benzene rings is 1. The van der Waals surface area contributed by atoms with Crippen molar-refractivity contribution in [1.82, 2.24) is 9.55 Å². The van der Waals surface area contributed by atoms with Crippen LogP contribution in [0.3, 0.4) is 0 Å². The van der Waals surface area contributed by atoms with Crippen molar-refractivity contribution in [1.29, 1.82) is 0 Å². The van der Waals surface area contributed by atoms with E-state index in [0.717, 1.165) is 39.3 Å². The largest absolute Gasteiger partial charge is 0.490 e. The van der Waals surface area contributed by atoms with E-state index >= 15 is 0 Å². The molecule has 0 unspecified atom stereocenters. The van der Waals surface area contributed by atoms with Crippen LogP contribution < -0.4 is 25.6 Å². The van der Waals surface area contributed by atoms with Gasteiger partial charge < -0.3 is 24.1 Å². The van der Waals surface area contributed by atoms with Crippen molar-refractivity contribution in [2.45, 2.75) is 26.8 Å². The van der Waals surface area contributed by atoms with Crippen LogP contribution >= 0.6 is 0 Å². The minimum atomic E-state index is -0.393. The molecule has 1 aliphatic rings. The number of fused-ring (bicyclic) bond motifs is 1. The molecule has 0 bridgehead atoms. The van der Waals surface area contributed by atoms with Gasteiger partial charge in [-0.3, -0.25) is 9.36 Å². The SMILES string of the molecule is CCOc1cc2[nH]c(=O)n(CCC[NH+]3CCOCC3)c(=O)c2cc1OCC. The average Bonchev–Trinajstić information content (AvgIpc) is 2.67. The summed E-state index contributed by atoms with van der Waals surface area (Å²) in [5.41, 5.74) is -0.224. The molecule has 3 rings (SSSR count). The Kier molecular flexibility index (Phi) is 6.52. The zero-order valence-electron chi connectivity index (χ0n) is 16.0. The lowest BCUT2D eigenvalue weighted by atomic mass is 10.2. The summed E-state index contributed by atoms with van der Waals surface area (Å²) < 4.78 is 17.8. The summed E-state index contributed by atoms with van der Waals surface area (Å²) in [7, 11) is 0. The number of quaternary nitrogens is 1. The Morgan fingerprint density at radius 1 is 1.11 bits per heavy atom. The second-order valence-electron chi connectivity index (χ2n) is 6.56. The first-order valence-electron chi connectivity index (χ1n) is 9.61. The Morgan fingerprint density at radius 3 is 2.44 bits per heavy atom. The van der Waals surface area contributed by atoms with Crippen molar-refractivity contribution in [3.8, 4) is 11.5 Å². The molecule has 0 atom stereocenters. The molecule has 2 heterocycles. The molecule has 1 aliphatic heterocycles. The third-order valence-electron chi connectivity index (χ3n) is 4.76. The molecule has 1 fully saturated rings. The van der Waals surface area contributed by atoms with E-state index in [-0.39, 0.29) is 5.56 Å². The number of aromatic amines is 1. The van der Waals surface area contributed by atoms with E-state index in [1.165, 1.54) is 9.47 Å². The monoisotopic (exact) mass is 378 g/mol. The van der Waals surface area contributed by atoms with Gasteiger partial charge in [-0.05, 0) is 19.9 Å². The highest BCUT2D eigenvalue weighted by atomic mass is 16.5. The number of morpholine rings is 1. The number of aromatic nitrogens is 2. The maximum Gasteiger partial charge on any atom is 0.328 e. The molecule has 8 nitrogen and oxygen atoms in total. The molecule has 0 saturated carbocycles. The highest BCUT2D eigenvalue weighted by Crippen LogP contribution is 2.30. The van der Waals surface area contributed by atoms with Crippen LogP contribution in [0.1, 0.15) is 20.3 Å². The topological polar surface area (TPSA) is 87.0 Å². The summed E-state index contributed by atoms with van der Waals surface area (Å²) >= 11 is 0. The fourth-order valence-corrected chi connectivity index (χ4v) is 3.40. The standard InChI is InChI=1S/C19H27N3O5/c1-3-26-16-12-14-15(13-17(16)27-4-2)20-19(24)22(18(14)23)7-5-6-21-8-10-25-11-9-21/h12-13H,3-11H2,1-2H3,(H,20,24)/p+1. The third-order valence-corrected chi connectivity index (χ3v) is 4.76. The molecule has 1 aromatic heterocycles. The van der Waals surface area contributed by atoms with Gasteiger partial charge in [0.25, 0.3) is 5.56 Å². The number of nitrogens with zero attached hydrogens (tertiary/aromatic N) is 1. The molecule has 0 radical (unpaired) electrons. The first kappa shape index (κ1) is 19.4. The number of hydrogen-bond donors (Lipinski definition) is 2. The third kappa shape index (κ3) is 4.51. The fraction of sp³-hybridized carbons (Fsp3) is 0.579. The molecule has 27 heavy (non-hydrogen) atoms. The first-order valence-corrected chi connectivity index (χ1v) is 9.61. The van der Waals surface area contributed by atoms with Gasteiger partial charge >= 0.3 is 5.69 Å². The molecule has 0 aliphatic carbocycles. The van der Waals surface area contributed by atoms with Crippen LogP contribution in [0.4, 0.5) is 0 Å². The molecule has 1 saturated heterocycles. The molecule has 1 aromatic carbocycles. The fourth-order valence-electron chi connectivity index (χ4n) is 3.40. The Hall–Kier alpha value is -2.32. The van der Waals surface area contributed by atoms with Crippen LogP contribution in [0.15, 0.2) is 21.7 Å². The minimum Gasteiger partial charge on any atom is -0.490 e. The summed E-state index contributed by atoms with van der Waals surface area (Å²) in [6.45, 7) is 9.48. The van der Waals surface area contributed by atoms with Crippen LogP contribution in [0.5, 0.6) is 11.5 Å². The van der Waals surface area contributed by atoms with Gasteiger partial charge in [-0.25, -0.2) is 4.79 Å². The maximum atomic E-state index is 12.9. The molecule has 2 aromatic rings. The lowest BCUT2D eigenvalue weighted by Gasteiger charge is -2.23. The van der Waals surface area contributed by atoms with Gasteiger partial charge in [0.15, 0.2) is 11.5 Å². The summed E-state index contributed by atoms with van der Waals surface area (Å²) in [6, 6.07) is 3.32. The molecular formula is C19H28N3O5+. The number of nitrogens with one attached hydrogen (secondary N) is 2. The van der Waals surface area contributed by atoms with Crippen molar-refractivity contribution in [2.75, 3.05) is 46.1 Å². The van der Waals surface area contributed by atoms with E-state index in [1.807, 2.05) is 13.8 Å². The van der Waals surface area contributed by atoms with Crippen LogP contribution in [-0.4, -0.2) is 55.6 Å². The second-order valence-corrected chi connectivity index (χ2v) is 6.56. The van der Waals surface area contributed by atoms with Gasteiger partial charge in [-0.2, -0.15) is 0 Å². The van der Waals surface area contributed by atoms with Crippen LogP contribution in [0.2, 0.25) is 0 Å². The summed E-state index contributed by atoms with van der Waals surface area (Å²) in [5.74, 6) is 1.04. The average molecular weight is 378 g/mol. The number of ether oxygens (including phenoxy) is 3. The second kappa shape index (κ2) is 9.05. The summed E-state index contributed by atoms with van der Waals surface area (Å²) in [6.07, 6.45) is 0.763.